The number of hydrogen-bond acceptors (Lipinski definition) is 4. The number of methoxy groups -OCH3 is 1. The first-order chi connectivity index (χ1) is 10.9. The van der Waals surface area contributed by atoms with Crippen LogP contribution in [0.1, 0.15) is 30.9 Å². The molecule has 0 aromatic heterocycles. The quantitative estimate of drug-likeness (QED) is 0.819. The smallest absolute Gasteiger partial charge is 0.279 e. The SMILES string of the molecule is COc1cccc([C@H](CNS(=O)(=O)N2CCCCC2)N(C)C)c1. The molecule has 0 aliphatic carbocycles. The van der Waals surface area contributed by atoms with Crippen molar-refractivity contribution in [1.29, 1.82) is 0 Å². The number of likely N-dealkylation sites (N-methyl/N-ethyl adjacent to an activating group) is 1. The van der Waals surface area contributed by atoms with Gasteiger partial charge in [0.1, 0.15) is 5.75 Å². The molecule has 6 nitrogen and oxygen atoms in total. The van der Waals surface area contributed by atoms with Crippen molar-refractivity contribution in [2.24, 2.45) is 0 Å². The number of benzene rings is 1. The van der Waals surface area contributed by atoms with E-state index in [1.54, 1.807) is 11.4 Å². The van der Waals surface area contributed by atoms with E-state index in [0.29, 0.717) is 19.6 Å². The Morgan fingerprint density at radius 2 is 1.96 bits per heavy atom. The van der Waals surface area contributed by atoms with Crippen LogP contribution in [0.4, 0.5) is 0 Å². The largest absolute Gasteiger partial charge is 0.497 e. The molecule has 1 aromatic carbocycles. The van der Waals surface area contributed by atoms with E-state index in [0.717, 1.165) is 30.6 Å². The molecule has 1 fully saturated rings. The Morgan fingerprint density at radius 1 is 1.26 bits per heavy atom. The predicted octanol–water partition coefficient (Wildman–Crippen LogP) is 1.62. The number of nitrogens with zero attached hydrogens (tertiary/aromatic N) is 2. The zero-order valence-corrected chi connectivity index (χ0v) is 15.0. The minimum atomic E-state index is -3.41. The first-order valence-corrected chi connectivity index (χ1v) is 9.43. The van der Waals surface area contributed by atoms with Gasteiger partial charge in [0.05, 0.1) is 7.11 Å². The number of rotatable bonds is 7. The highest BCUT2D eigenvalue weighted by molar-refractivity contribution is 7.87. The summed E-state index contributed by atoms with van der Waals surface area (Å²) in [4.78, 5) is 2.01. The van der Waals surface area contributed by atoms with Crippen molar-refractivity contribution in [2.45, 2.75) is 25.3 Å². The van der Waals surface area contributed by atoms with Crippen LogP contribution in [0.3, 0.4) is 0 Å². The average Bonchev–Trinajstić information content (AvgIpc) is 2.55. The molecular formula is C16H27N3O3S. The van der Waals surface area contributed by atoms with E-state index >= 15 is 0 Å². The lowest BCUT2D eigenvalue weighted by molar-refractivity contribution is 0.292. The topological polar surface area (TPSA) is 61.9 Å². The molecule has 1 atom stereocenters. The van der Waals surface area contributed by atoms with E-state index in [-0.39, 0.29) is 6.04 Å². The molecule has 1 aromatic rings. The fourth-order valence-corrected chi connectivity index (χ4v) is 4.12. The van der Waals surface area contributed by atoms with Crippen molar-refractivity contribution < 1.29 is 13.2 Å². The standard InChI is InChI=1S/C16H27N3O3S/c1-18(2)16(14-8-7-9-15(12-14)22-3)13-17-23(20,21)19-10-5-4-6-11-19/h7-9,12,16-17H,4-6,10-11,13H2,1-3H3/t16-/m0/s1. The van der Waals surface area contributed by atoms with Crippen LogP contribution in [0.5, 0.6) is 5.75 Å². The molecular weight excluding hydrogens is 314 g/mol. The fraction of sp³-hybridized carbons (Fsp3) is 0.625. The highest BCUT2D eigenvalue weighted by Crippen LogP contribution is 2.22. The molecule has 0 spiro atoms. The summed E-state index contributed by atoms with van der Waals surface area (Å²) in [5, 5.41) is 0. The maximum absolute atomic E-state index is 12.4. The van der Waals surface area contributed by atoms with Crippen molar-refractivity contribution >= 4 is 10.2 Å². The summed E-state index contributed by atoms with van der Waals surface area (Å²) in [5.41, 5.74) is 1.02. The van der Waals surface area contributed by atoms with Gasteiger partial charge in [-0.05, 0) is 44.6 Å². The molecule has 7 heteroatoms. The molecule has 1 aliphatic heterocycles. The van der Waals surface area contributed by atoms with Crippen LogP contribution < -0.4 is 9.46 Å². The molecule has 1 N–H and O–H groups in total. The second kappa shape index (κ2) is 8.10. The summed E-state index contributed by atoms with van der Waals surface area (Å²) in [6.07, 6.45) is 2.98. The van der Waals surface area contributed by atoms with Gasteiger partial charge in [0.15, 0.2) is 0 Å². The third-order valence-electron chi connectivity index (χ3n) is 4.22. The maximum Gasteiger partial charge on any atom is 0.279 e. The second-order valence-electron chi connectivity index (χ2n) is 6.07. The minimum absolute atomic E-state index is 0.0512. The van der Waals surface area contributed by atoms with Crippen LogP contribution in [0, 0.1) is 0 Å². The first-order valence-electron chi connectivity index (χ1n) is 7.99. The van der Waals surface area contributed by atoms with Gasteiger partial charge in [-0.2, -0.15) is 12.7 Å². The highest BCUT2D eigenvalue weighted by atomic mass is 32.2. The molecule has 1 heterocycles. The molecule has 0 amide bonds. The van der Waals surface area contributed by atoms with Crippen LogP contribution >= 0.6 is 0 Å². The maximum atomic E-state index is 12.4. The van der Waals surface area contributed by atoms with E-state index in [4.69, 9.17) is 4.74 Å². The third-order valence-corrected chi connectivity index (χ3v) is 5.79. The molecule has 1 aliphatic rings. The van der Waals surface area contributed by atoms with Crippen molar-refractivity contribution in [1.82, 2.24) is 13.9 Å². The molecule has 23 heavy (non-hydrogen) atoms. The van der Waals surface area contributed by atoms with Gasteiger partial charge < -0.3 is 9.64 Å². The Balaban J connectivity index is 2.07. The summed E-state index contributed by atoms with van der Waals surface area (Å²) in [5.74, 6) is 0.772. The van der Waals surface area contributed by atoms with Gasteiger partial charge in [-0.3, -0.25) is 0 Å². The fourth-order valence-electron chi connectivity index (χ4n) is 2.83. The van der Waals surface area contributed by atoms with E-state index in [1.165, 1.54) is 0 Å². The molecule has 0 saturated carbocycles. The minimum Gasteiger partial charge on any atom is -0.497 e. The van der Waals surface area contributed by atoms with Gasteiger partial charge in [-0.25, -0.2) is 4.72 Å². The molecule has 0 unspecified atom stereocenters. The molecule has 0 radical (unpaired) electrons. The van der Waals surface area contributed by atoms with Crippen molar-refractivity contribution in [3.63, 3.8) is 0 Å². The van der Waals surface area contributed by atoms with Gasteiger partial charge >= 0.3 is 0 Å². The zero-order valence-electron chi connectivity index (χ0n) is 14.2. The summed E-state index contributed by atoms with van der Waals surface area (Å²) in [7, 11) is 2.11. The van der Waals surface area contributed by atoms with E-state index in [9.17, 15) is 8.42 Å². The third kappa shape index (κ3) is 4.91. The zero-order chi connectivity index (χ0) is 16.9. The van der Waals surface area contributed by atoms with Gasteiger partial charge in [0.2, 0.25) is 0 Å². The van der Waals surface area contributed by atoms with Crippen LogP contribution in [0.25, 0.3) is 0 Å². The van der Waals surface area contributed by atoms with Crippen LogP contribution in [-0.4, -0.2) is 58.5 Å². The Labute approximate surface area is 139 Å². The van der Waals surface area contributed by atoms with Gasteiger partial charge in [-0.15, -0.1) is 0 Å². The van der Waals surface area contributed by atoms with Crippen molar-refractivity contribution in [2.75, 3.05) is 40.8 Å². The van der Waals surface area contributed by atoms with E-state index in [1.807, 2.05) is 43.3 Å². The Hall–Kier alpha value is -1.15. The van der Waals surface area contributed by atoms with Crippen LogP contribution in [-0.2, 0) is 10.2 Å². The normalized spacial score (nSPS) is 18.1. The summed E-state index contributed by atoms with van der Waals surface area (Å²) in [6, 6.07) is 7.69. The lowest BCUT2D eigenvalue weighted by Gasteiger charge is -2.29. The Kier molecular flexibility index (Phi) is 6.41. The molecule has 2 rings (SSSR count). The number of hydrogen-bond donors (Lipinski definition) is 1. The number of nitrogens with one attached hydrogen (secondary N) is 1. The average molecular weight is 341 g/mol. The Morgan fingerprint density at radius 3 is 2.57 bits per heavy atom. The van der Waals surface area contributed by atoms with Crippen molar-refractivity contribution in [3.8, 4) is 5.75 Å². The van der Waals surface area contributed by atoms with Crippen LogP contribution in [0.2, 0.25) is 0 Å². The second-order valence-corrected chi connectivity index (χ2v) is 7.82. The lowest BCUT2D eigenvalue weighted by Crippen LogP contribution is -2.45. The monoisotopic (exact) mass is 341 g/mol. The highest BCUT2D eigenvalue weighted by Gasteiger charge is 2.25. The molecule has 1 saturated heterocycles. The summed E-state index contributed by atoms with van der Waals surface area (Å²) in [6.45, 7) is 1.56. The van der Waals surface area contributed by atoms with E-state index < -0.39 is 10.2 Å². The Bertz CT molecular complexity index is 598. The van der Waals surface area contributed by atoms with Gasteiger partial charge in [-0.1, -0.05) is 18.6 Å². The first kappa shape index (κ1) is 18.2. The summed E-state index contributed by atoms with van der Waals surface area (Å²) < 4.78 is 34.4. The predicted molar refractivity (Wildman–Crippen MR) is 91.8 cm³/mol. The van der Waals surface area contributed by atoms with Crippen LogP contribution in [0.15, 0.2) is 24.3 Å². The van der Waals surface area contributed by atoms with Gasteiger partial charge in [0.25, 0.3) is 10.2 Å². The number of ether oxygens (including phenoxy) is 1. The summed E-state index contributed by atoms with van der Waals surface area (Å²) >= 11 is 0. The lowest BCUT2D eigenvalue weighted by atomic mass is 10.1. The van der Waals surface area contributed by atoms with Crippen molar-refractivity contribution in [3.05, 3.63) is 29.8 Å². The number of piperidine rings is 1. The molecule has 0 bridgehead atoms. The molecule has 130 valence electrons. The van der Waals surface area contributed by atoms with E-state index in [2.05, 4.69) is 4.72 Å². The van der Waals surface area contributed by atoms with Gasteiger partial charge in [0, 0.05) is 25.7 Å².